The summed E-state index contributed by atoms with van der Waals surface area (Å²) in [6.07, 6.45) is 1.63. The second kappa shape index (κ2) is 5.05. The van der Waals surface area contributed by atoms with Crippen LogP contribution in [-0.2, 0) is 0 Å². The first-order chi connectivity index (χ1) is 11.2. The number of hydrogen-bond donors (Lipinski definition) is 1. The van der Waals surface area contributed by atoms with Crippen molar-refractivity contribution >= 4 is 28.0 Å². The number of nitrogens with one attached hydrogen (secondary N) is 1. The Balaban J connectivity index is 1.96. The minimum Gasteiger partial charge on any atom is -0.495 e. The Labute approximate surface area is 131 Å². The van der Waals surface area contributed by atoms with Gasteiger partial charge < -0.3 is 23.3 Å². The lowest BCUT2D eigenvalue weighted by Crippen LogP contribution is -1.95. The lowest BCUT2D eigenvalue weighted by atomic mass is 10.1. The Morgan fingerprint density at radius 1 is 1.22 bits per heavy atom. The van der Waals surface area contributed by atoms with Gasteiger partial charge in [-0.25, -0.2) is 0 Å². The summed E-state index contributed by atoms with van der Waals surface area (Å²) < 4.78 is 22.5. The highest BCUT2D eigenvalue weighted by Gasteiger charge is 2.23. The molecule has 1 aromatic carbocycles. The maximum Gasteiger partial charge on any atom is 0.315 e. The smallest absolute Gasteiger partial charge is 0.315 e. The van der Waals surface area contributed by atoms with Crippen LogP contribution < -0.4 is 10.1 Å². The first-order valence-corrected chi connectivity index (χ1v) is 7.28. The van der Waals surface area contributed by atoms with E-state index < -0.39 is 0 Å². The zero-order valence-electron chi connectivity index (χ0n) is 13.0. The van der Waals surface area contributed by atoms with Gasteiger partial charge in [-0.1, -0.05) is 5.10 Å². The van der Waals surface area contributed by atoms with Gasteiger partial charge in [0.15, 0.2) is 5.76 Å². The molecule has 4 aromatic rings. The molecule has 1 N–H and O–H groups in total. The van der Waals surface area contributed by atoms with E-state index in [0.29, 0.717) is 41.1 Å². The fourth-order valence-corrected chi connectivity index (χ4v) is 2.75. The number of aryl methyl sites for hydroxylation is 1. The molecular weight excluding hydrogens is 298 g/mol. The average molecular weight is 313 g/mol. The molecule has 7 heteroatoms. The molecule has 23 heavy (non-hydrogen) atoms. The average Bonchev–Trinajstić information content (AvgIpc) is 3.25. The Hall–Kier alpha value is -2.96. The third-order valence-corrected chi connectivity index (χ3v) is 3.75. The fourth-order valence-electron chi connectivity index (χ4n) is 2.75. The normalized spacial score (nSPS) is 11.4. The van der Waals surface area contributed by atoms with Crippen molar-refractivity contribution in [3.8, 4) is 17.4 Å². The second-order valence-corrected chi connectivity index (χ2v) is 5.11. The molecule has 0 bridgehead atoms. The Morgan fingerprint density at radius 2 is 2.09 bits per heavy atom. The van der Waals surface area contributed by atoms with E-state index >= 15 is 0 Å². The highest BCUT2D eigenvalue weighted by Crippen LogP contribution is 2.42. The van der Waals surface area contributed by atoms with E-state index in [2.05, 4.69) is 15.5 Å². The van der Waals surface area contributed by atoms with Gasteiger partial charge in [-0.3, -0.25) is 0 Å². The van der Waals surface area contributed by atoms with E-state index in [1.54, 1.807) is 13.4 Å². The number of ether oxygens (including phenoxy) is 1. The van der Waals surface area contributed by atoms with E-state index in [4.69, 9.17) is 18.0 Å². The number of aromatic nitrogens is 2. The van der Waals surface area contributed by atoms with Crippen LogP contribution in [0.5, 0.6) is 5.75 Å². The van der Waals surface area contributed by atoms with Gasteiger partial charge in [0.25, 0.3) is 5.89 Å². The van der Waals surface area contributed by atoms with Crippen molar-refractivity contribution < 1.29 is 18.0 Å². The van der Waals surface area contributed by atoms with Crippen molar-refractivity contribution in [3.63, 3.8) is 0 Å². The zero-order chi connectivity index (χ0) is 16.0. The molecule has 0 aliphatic rings. The summed E-state index contributed by atoms with van der Waals surface area (Å²) in [5.41, 5.74) is 2.24. The van der Waals surface area contributed by atoms with Gasteiger partial charge in [0, 0.05) is 18.2 Å². The van der Waals surface area contributed by atoms with Crippen molar-refractivity contribution in [3.05, 3.63) is 24.0 Å². The van der Waals surface area contributed by atoms with Crippen molar-refractivity contribution in [2.24, 2.45) is 0 Å². The fraction of sp³-hybridized carbons (Fsp3) is 0.250. The van der Waals surface area contributed by atoms with Crippen LogP contribution in [0.1, 0.15) is 12.5 Å². The van der Waals surface area contributed by atoms with Crippen molar-refractivity contribution in [2.45, 2.75) is 13.8 Å². The molecule has 0 aliphatic heterocycles. The predicted octanol–water partition coefficient (Wildman–Crippen LogP) is 3.98. The first-order valence-electron chi connectivity index (χ1n) is 7.28. The highest BCUT2D eigenvalue weighted by molar-refractivity contribution is 6.04. The molecule has 0 saturated carbocycles. The molecular formula is C16H15N3O4. The summed E-state index contributed by atoms with van der Waals surface area (Å²) in [4.78, 5) is 0. The van der Waals surface area contributed by atoms with Crippen LogP contribution in [0, 0.1) is 6.92 Å². The number of fused-ring (bicyclic) bond motifs is 2. The minimum atomic E-state index is 0.327. The summed E-state index contributed by atoms with van der Waals surface area (Å²) in [5.74, 6) is 1.57. The van der Waals surface area contributed by atoms with E-state index in [1.165, 1.54) is 0 Å². The quantitative estimate of drug-likeness (QED) is 0.609. The number of methoxy groups -OCH3 is 1. The van der Waals surface area contributed by atoms with Crippen LogP contribution in [0.2, 0.25) is 0 Å². The van der Waals surface area contributed by atoms with Crippen LogP contribution in [0.4, 0.5) is 6.01 Å². The number of anilines is 1. The van der Waals surface area contributed by atoms with Gasteiger partial charge in [0.2, 0.25) is 0 Å². The van der Waals surface area contributed by atoms with E-state index in [9.17, 15) is 0 Å². The van der Waals surface area contributed by atoms with Gasteiger partial charge >= 0.3 is 6.01 Å². The molecule has 0 spiro atoms. The molecule has 3 heterocycles. The molecule has 118 valence electrons. The third-order valence-electron chi connectivity index (χ3n) is 3.75. The number of rotatable bonds is 4. The van der Waals surface area contributed by atoms with Gasteiger partial charge in [-0.15, -0.1) is 5.10 Å². The molecule has 4 rings (SSSR count). The predicted molar refractivity (Wildman–Crippen MR) is 84.7 cm³/mol. The monoisotopic (exact) mass is 313 g/mol. The van der Waals surface area contributed by atoms with Crippen LogP contribution >= 0.6 is 0 Å². The van der Waals surface area contributed by atoms with Crippen molar-refractivity contribution in [2.75, 3.05) is 19.0 Å². The lowest BCUT2D eigenvalue weighted by molar-refractivity contribution is 0.424. The Kier molecular flexibility index (Phi) is 3.00. The maximum absolute atomic E-state index is 5.93. The van der Waals surface area contributed by atoms with Crippen LogP contribution in [-0.4, -0.2) is 23.9 Å². The molecule has 7 nitrogen and oxygen atoms in total. The van der Waals surface area contributed by atoms with E-state index in [1.807, 2.05) is 26.0 Å². The van der Waals surface area contributed by atoms with Gasteiger partial charge in [0.05, 0.1) is 24.1 Å². The van der Waals surface area contributed by atoms with E-state index in [0.717, 1.165) is 16.3 Å². The Morgan fingerprint density at radius 3 is 2.87 bits per heavy atom. The number of hydrogen-bond acceptors (Lipinski definition) is 7. The summed E-state index contributed by atoms with van der Waals surface area (Å²) >= 11 is 0. The topological polar surface area (TPSA) is 86.5 Å². The van der Waals surface area contributed by atoms with Crippen LogP contribution in [0.15, 0.2) is 31.6 Å². The van der Waals surface area contributed by atoms with E-state index in [-0.39, 0.29) is 0 Å². The molecule has 0 atom stereocenters. The first kappa shape index (κ1) is 13.7. The summed E-state index contributed by atoms with van der Waals surface area (Å²) in [5, 5.41) is 12.7. The molecule has 0 unspecified atom stereocenters. The Bertz CT molecular complexity index is 996. The van der Waals surface area contributed by atoms with Crippen LogP contribution in [0.25, 0.3) is 33.6 Å². The molecule has 0 radical (unpaired) electrons. The summed E-state index contributed by atoms with van der Waals surface area (Å²) in [7, 11) is 1.63. The second-order valence-electron chi connectivity index (χ2n) is 5.11. The van der Waals surface area contributed by atoms with Crippen molar-refractivity contribution in [1.82, 2.24) is 10.2 Å². The number of nitrogens with zero attached hydrogens (tertiary/aromatic N) is 2. The van der Waals surface area contributed by atoms with Crippen molar-refractivity contribution in [1.29, 1.82) is 0 Å². The maximum atomic E-state index is 5.93. The minimum absolute atomic E-state index is 0.327. The van der Waals surface area contributed by atoms with Gasteiger partial charge in [-0.2, -0.15) is 0 Å². The molecule has 0 saturated heterocycles. The molecule has 0 fully saturated rings. The molecule has 0 aliphatic carbocycles. The van der Waals surface area contributed by atoms with Gasteiger partial charge in [-0.05, 0) is 19.9 Å². The SMILES string of the molecule is CCNc1nnc(-c2oc3cc4occc4c(OC)c3c2C)o1. The molecule has 0 amide bonds. The summed E-state index contributed by atoms with van der Waals surface area (Å²) in [6.45, 7) is 4.59. The van der Waals surface area contributed by atoms with Crippen LogP contribution in [0.3, 0.4) is 0 Å². The molecule has 3 aromatic heterocycles. The third kappa shape index (κ3) is 1.97. The largest absolute Gasteiger partial charge is 0.495 e. The van der Waals surface area contributed by atoms with Gasteiger partial charge in [0.1, 0.15) is 16.9 Å². The number of furan rings is 2. The highest BCUT2D eigenvalue weighted by atomic mass is 16.5. The number of benzene rings is 1. The summed E-state index contributed by atoms with van der Waals surface area (Å²) in [6, 6.07) is 4.07. The lowest BCUT2D eigenvalue weighted by Gasteiger charge is -2.03. The zero-order valence-corrected chi connectivity index (χ0v) is 13.0. The standard InChI is InChI=1S/C16H15N3O4/c1-4-17-16-19-18-15(23-16)13-8(2)12-11(22-13)7-10-9(5-6-21-10)14(12)20-3/h5-7H,4H2,1-3H3,(H,17,19).